The molecule has 0 spiro atoms. The number of piperazine rings is 1. The summed E-state index contributed by atoms with van der Waals surface area (Å²) in [4.78, 5) is 51.1. The molecule has 9 nitrogen and oxygen atoms in total. The van der Waals surface area contributed by atoms with Gasteiger partial charge in [-0.3, -0.25) is 14.4 Å². The van der Waals surface area contributed by atoms with Crippen molar-refractivity contribution < 1.29 is 28.7 Å². The predicted octanol–water partition coefficient (Wildman–Crippen LogP) is 1.81. The first-order valence-corrected chi connectivity index (χ1v) is 9.87. The van der Waals surface area contributed by atoms with Gasteiger partial charge in [0, 0.05) is 51.6 Å². The summed E-state index contributed by atoms with van der Waals surface area (Å²) >= 11 is 0. The van der Waals surface area contributed by atoms with Crippen molar-refractivity contribution in [2.24, 2.45) is 0 Å². The summed E-state index contributed by atoms with van der Waals surface area (Å²) < 4.78 is 10.2. The molecule has 1 heterocycles. The van der Waals surface area contributed by atoms with Gasteiger partial charge >= 0.3 is 12.1 Å². The monoisotopic (exact) mass is 419 g/mol. The highest BCUT2D eigenvalue weighted by atomic mass is 16.6. The van der Waals surface area contributed by atoms with Crippen molar-refractivity contribution in [1.29, 1.82) is 0 Å². The van der Waals surface area contributed by atoms with Crippen LogP contribution >= 0.6 is 0 Å². The average molecular weight is 419 g/mol. The van der Waals surface area contributed by atoms with Crippen LogP contribution in [0.4, 0.5) is 4.79 Å². The van der Waals surface area contributed by atoms with Crippen LogP contribution in [0, 0.1) is 0 Å². The number of nitrogens with one attached hydrogen (secondary N) is 1. The lowest BCUT2D eigenvalue weighted by Gasteiger charge is -2.35. The molecule has 0 unspecified atom stereocenters. The molecule has 3 amide bonds. The summed E-state index contributed by atoms with van der Waals surface area (Å²) in [6.07, 6.45) is -0.390. The number of carbonyl (C=O) groups is 4. The Labute approximate surface area is 176 Å². The number of hydrogen-bond donors (Lipinski definition) is 1. The minimum atomic E-state index is -0.589. The summed E-state index contributed by atoms with van der Waals surface area (Å²) in [5.41, 5.74) is -0.163. The molecule has 1 N–H and O–H groups in total. The van der Waals surface area contributed by atoms with Gasteiger partial charge in [0.1, 0.15) is 11.4 Å². The van der Waals surface area contributed by atoms with Gasteiger partial charge in [-0.25, -0.2) is 4.79 Å². The topological polar surface area (TPSA) is 105 Å². The number of rotatable bonds is 5. The third-order valence-corrected chi connectivity index (χ3v) is 4.27. The van der Waals surface area contributed by atoms with E-state index in [1.807, 2.05) is 0 Å². The van der Waals surface area contributed by atoms with Crippen molar-refractivity contribution in [3.05, 3.63) is 29.8 Å². The maximum atomic E-state index is 12.7. The first-order chi connectivity index (χ1) is 14.0. The lowest BCUT2D eigenvalue weighted by molar-refractivity contribution is -0.133. The van der Waals surface area contributed by atoms with Gasteiger partial charge in [-0.05, 0) is 39.0 Å². The Balaban J connectivity index is 1.79. The second-order valence-corrected chi connectivity index (χ2v) is 7.97. The SMILES string of the molecule is CC(=O)Oc1cccc(C(=O)N2CCN(C(=O)CCNC(=O)OC(C)(C)C)CC2)c1. The van der Waals surface area contributed by atoms with E-state index in [0.29, 0.717) is 37.5 Å². The van der Waals surface area contributed by atoms with E-state index in [-0.39, 0.29) is 24.8 Å². The van der Waals surface area contributed by atoms with Crippen LogP contribution < -0.4 is 10.1 Å². The quantitative estimate of drug-likeness (QED) is 0.576. The van der Waals surface area contributed by atoms with Crippen molar-refractivity contribution >= 4 is 23.9 Å². The summed E-state index contributed by atoms with van der Waals surface area (Å²) in [7, 11) is 0. The third-order valence-electron chi connectivity index (χ3n) is 4.27. The maximum Gasteiger partial charge on any atom is 0.407 e. The first kappa shape index (κ1) is 23.2. The van der Waals surface area contributed by atoms with E-state index in [9.17, 15) is 19.2 Å². The van der Waals surface area contributed by atoms with E-state index >= 15 is 0 Å². The Hall–Kier alpha value is -3.10. The Morgan fingerprint density at radius 3 is 2.27 bits per heavy atom. The smallest absolute Gasteiger partial charge is 0.407 e. The highest BCUT2D eigenvalue weighted by Gasteiger charge is 2.25. The molecule has 1 fully saturated rings. The summed E-state index contributed by atoms with van der Waals surface area (Å²) in [5.74, 6) is -0.398. The molecule has 30 heavy (non-hydrogen) atoms. The Kier molecular flexibility index (Phi) is 7.79. The van der Waals surface area contributed by atoms with E-state index in [4.69, 9.17) is 9.47 Å². The average Bonchev–Trinajstić information content (AvgIpc) is 2.65. The van der Waals surface area contributed by atoms with Crippen LogP contribution in [-0.4, -0.2) is 72.0 Å². The van der Waals surface area contributed by atoms with Crippen LogP contribution in [0.15, 0.2) is 24.3 Å². The van der Waals surface area contributed by atoms with Gasteiger partial charge in [-0.1, -0.05) is 6.07 Å². The van der Waals surface area contributed by atoms with Crippen LogP contribution in [0.2, 0.25) is 0 Å². The molecule has 1 saturated heterocycles. The molecule has 0 aromatic heterocycles. The molecule has 0 radical (unpaired) electrons. The van der Waals surface area contributed by atoms with Crippen molar-refractivity contribution in [3.63, 3.8) is 0 Å². The molecule has 0 aliphatic carbocycles. The zero-order valence-corrected chi connectivity index (χ0v) is 17.9. The number of carbonyl (C=O) groups excluding carboxylic acids is 4. The van der Waals surface area contributed by atoms with E-state index in [1.165, 1.54) is 13.0 Å². The van der Waals surface area contributed by atoms with Crippen molar-refractivity contribution in [3.8, 4) is 5.75 Å². The molecule has 1 aromatic carbocycles. The Bertz CT molecular complexity index is 794. The standard InChI is InChI=1S/C21H29N3O6/c1-15(25)29-17-7-5-6-16(14-17)19(27)24-12-10-23(11-13-24)18(26)8-9-22-20(28)30-21(2,3)4/h5-7,14H,8-13H2,1-4H3,(H,22,28). The summed E-state index contributed by atoms with van der Waals surface area (Å²) in [6.45, 7) is 8.44. The fourth-order valence-electron chi connectivity index (χ4n) is 2.94. The minimum absolute atomic E-state index is 0.0880. The van der Waals surface area contributed by atoms with Gasteiger partial charge in [0.2, 0.25) is 5.91 Å². The van der Waals surface area contributed by atoms with Crippen LogP contribution in [0.25, 0.3) is 0 Å². The lowest BCUT2D eigenvalue weighted by Crippen LogP contribution is -2.51. The van der Waals surface area contributed by atoms with Crippen molar-refractivity contribution in [1.82, 2.24) is 15.1 Å². The zero-order chi connectivity index (χ0) is 22.3. The van der Waals surface area contributed by atoms with E-state index in [0.717, 1.165) is 0 Å². The van der Waals surface area contributed by atoms with Gasteiger partial charge in [0.15, 0.2) is 0 Å². The molecule has 0 bridgehead atoms. The second kappa shape index (κ2) is 10.1. The molecular formula is C21H29N3O6. The second-order valence-electron chi connectivity index (χ2n) is 7.97. The van der Waals surface area contributed by atoms with Gasteiger partial charge in [0.05, 0.1) is 0 Å². The van der Waals surface area contributed by atoms with Crippen LogP contribution in [-0.2, 0) is 14.3 Å². The fourth-order valence-corrected chi connectivity index (χ4v) is 2.94. The molecule has 1 aliphatic rings. The minimum Gasteiger partial charge on any atom is -0.444 e. The number of amides is 3. The molecule has 164 valence electrons. The molecule has 1 aromatic rings. The maximum absolute atomic E-state index is 12.7. The van der Waals surface area contributed by atoms with Crippen LogP contribution in [0.5, 0.6) is 5.75 Å². The van der Waals surface area contributed by atoms with E-state index in [2.05, 4.69) is 5.32 Å². The number of esters is 1. The Morgan fingerprint density at radius 1 is 1.03 bits per heavy atom. The van der Waals surface area contributed by atoms with Crippen molar-refractivity contribution in [2.75, 3.05) is 32.7 Å². The normalized spacial score (nSPS) is 14.1. The summed E-state index contributed by atoms with van der Waals surface area (Å²) in [5, 5.41) is 2.57. The molecule has 2 rings (SSSR count). The number of nitrogens with zero attached hydrogens (tertiary/aromatic N) is 2. The van der Waals surface area contributed by atoms with Gasteiger partial charge < -0.3 is 24.6 Å². The number of ether oxygens (including phenoxy) is 2. The highest BCUT2D eigenvalue weighted by molar-refractivity contribution is 5.95. The van der Waals surface area contributed by atoms with Crippen LogP contribution in [0.1, 0.15) is 44.5 Å². The zero-order valence-electron chi connectivity index (χ0n) is 17.9. The molecular weight excluding hydrogens is 390 g/mol. The molecule has 9 heteroatoms. The van der Waals surface area contributed by atoms with Gasteiger partial charge in [-0.2, -0.15) is 0 Å². The number of benzene rings is 1. The van der Waals surface area contributed by atoms with Gasteiger partial charge in [0.25, 0.3) is 5.91 Å². The summed E-state index contributed by atoms with van der Waals surface area (Å²) in [6, 6.07) is 6.46. The van der Waals surface area contributed by atoms with Gasteiger partial charge in [-0.15, -0.1) is 0 Å². The number of alkyl carbamates (subject to hydrolysis) is 1. The molecule has 0 saturated carbocycles. The molecule has 1 aliphatic heterocycles. The van der Waals surface area contributed by atoms with E-state index in [1.54, 1.807) is 48.8 Å². The van der Waals surface area contributed by atoms with Crippen molar-refractivity contribution in [2.45, 2.75) is 39.7 Å². The predicted molar refractivity (Wildman–Crippen MR) is 109 cm³/mol. The first-order valence-electron chi connectivity index (χ1n) is 9.87. The highest BCUT2D eigenvalue weighted by Crippen LogP contribution is 2.16. The Morgan fingerprint density at radius 2 is 1.67 bits per heavy atom. The number of hydrogen-bond acceptors (Lipinski definition) is 6. The molecule has 0 atom stereocenters. The third kappa shape index (κ3) is 7.38. The lowest BCUT2D eigenvalue weighted by atomic mass is 10.1. The largest absolute Gasteiger partial charge is 0.444 e. The van der Waals surface area contributed by atoms with Crippen LogP contribution in [0.3, 0.4) is 0 Å². The van der Waals surface area contributed by atoms with E-state index < -0.39 is 17.7 Å². The fraction of sp³-hybridized carbons (Fsp3) is 0.524.